The Kier molecular flexibility index (Phi) is 3.86. The Morgan fingerprint density at radius 3 is 2.90 bits per heavy atom. The number of hydrogen-bond acceptors (Lipinski definition) is 7. The van der Waals surface area contributed by atoms with Gasteiger partial charge in [0.15, 0.2) is 0 Å². The van der Waals surface area contributed by atoms with Gasteiger partial charge in [0.2, 0.25) is 11.9 Å². The largest absolute Gasteiger partial charge is 0.467 e. The van der Waals surface area contributed by atoms with E-state index in [1.54, 1.807) is 14.2 Å². The number of nitrogens with zero attached hydrogens (tertiary/aromatic N) is 4. The fourth-order valence-corrected chi connectivity index (χ4v) is 3.02. The molecule has 1 N–H and O–H groups in total. The van der Waals surface area contributed by atoms with Crippen molar-refractivity contribution in [3.05, 3.63) is 0 Å². The van der Waals surface area contributed by atoms with Gasteiger partial charge in [0.1, 0.15) is 0 Å². The first-order chi connectivity index (χ1) is 9.81. The first-order valence-electron chi connectivity index (χ1n) is 7.18. The fourth-order valence-electron chi connectivity index (χ4n) is 3.02. The molecule has 2 aliphatic rings. The minimum absolute atomic E-state index is 0.304. The highest BCUT2D eigenvalue weighted by Gasteiger charge is 2.35. The maximum absolute atomic E-state index is 5.89. The Morgan fingerprint density at radius 2 is 2.10 bits per heavy atom. The van der Waals surface area contributed by atoms with Crippen LogP contribution in [0.5, 0.6) is 6.01 Å². The number of methoxy groups -OCH3 is 1. The molecule has 2 heterocycles. The molecule has 1 aliphatic carbocycles. The first kappa shape index (κ1) is 13.4. The monoisotopic (exact) mass is 279 g/mol. The Morgan fingerprint density at radius 1 is 1.25 bits per heavy atom. The second-order valence-electron chi connectivity index (χ2n) is 5.15. The molecule has 1 aromatic rings. The predicted octanol–water partition coefficient (Wildman–Crippen LogP) is 1.07. The standard InChI is InChI=1S/C13H21N5O2/c1-14-11-15-12(17-13(16-11)19-2)18-7-8-20-10-6-4-3-5-9(10)18/h9-10H,3-8H2,1-2H3,(H,14,15,16,17). The van der Waals surface area contributed by atoms with Crippen LogP contribution < -0.4 is 15.0 Å². The maximum atomic E-state index is 5.89. The lowest BCUT2D eigenvalue weighted by Crippen LogP contribution is -2.53. The molecule has 7 heteroatoms. The molecular weight excluding hydrogens is 258 g/mol. The Hall–Kier alpha value is -1.63. The van der Waals surface area contributed by atoms with Gasteiger partial charge in [0.05, 0.1) is 25.9 Å². The van der Waals surface area contributed by atoms with E-state index in [2.05, 4.69) is 25.2 Å². The molecule has 0 amide bonds. The molecule has 0 aromatic carbocycles. The van der Waals surface area contributed by atoms with Crippen molar-refractivity contribution in [3.63, 3.8) is 0 Å². The molecule has 0 spiro atoms. The smallest absolute Gasteiger partial charge is 0.322 e. The van der Waals surface area contributed by atoms with Crippen LogP contribution in [0.2, 0.25) is 0 Å². The van der Waals surface area contributed by atoms with Gasteiger partial charge < -0.3 is 19.7 Å². The van der Waals surface area contributed by atoms with Gasteiger partial charge in [0, 0.05) is 13.6 Å². The lowest BCUT2D eigenvalue weighted by molar-refractivity contribution is -0.00936. The predicted molar refractivity (Wildman–Crippen MR) is 75.3 cm³/mol. The minimum Gasteiger partial charge on any atom is -0.467 e. The summed E-state index contributed by atoms with van der Waals surface area (Å²) >= 11 is 0. The highest BCUT2D eigenvalue weighted by atomic mass is 16.5. The molecule has 20 heavy (non-hydrogen) atoms. The molecule has 1 saturated heterocycles. The highest BCUT2D eigenvalue weighted by molar-refractivity contribution is 5.40. The van der Waals surface area contributed by atoms with Gasteiger partial charge in [-0.3, -0.25) is 0 Å². The number of morpholine rings is 1. The summed E-state index contributed by atoms with van der Waals surface area (Å²) in [4.78, 5) is 15.3. The Labute approximate surface area is 118 Å². The number of ether oxygens (including phenoxy) is 2. The summed E-state index contributed by atoms with van der Waals surface area (Å²) < 4.78 is 11.1. The maximum Gasteiger partial charge on any atom is 0.322 e. The second-order valence-corrected chi connectivity index (χ2v) is 5.15. The van der Waals surface area contributed by atoms with Crippen molar-refractivity contribution in [1.82, 2.24) is 15.0 Å². The van der Waals surface area contributed by atoms with Gasteiger partial charge >= 0.3 is 6.01 Å². The SMILES string of the molecule is CNc1nc(OC)nc(N2CCOC3CCCCC32)n1. The normalized spacial score (nSPS) is 26.0. The van der Waals surface area contributed by atoms with Crippen LogP contribution in [-0.2, 0) is 4.74 Å². The van der Waals surface area contributed by atoms with Crippen LogP contribution in [0, 0.1) is 0 Å². The molecule has 7 nitrogen and oxygen atoms in total. The van der Waals surface area contributed by atoms with E-state index in [1.165, 1.54) is 12.8 Å². The van der Waals surface area contributed by atoms with Crippen LogP contribution in [0.4, 0.5) is 11.9 Å². The summed E-state index contributed by atoms with van der Waals surface area (Å²) in [6, 6.07) is 0.715. The fraction of sp³-hybridized carbons (Fsp3) is 0.769. The van der Waals surface area contributed by atoms with Crippen LogP contribution in [0.15, 0.2) is 0 Å². The summed E-state index contributed by atoms with van der Waals surface area (Å²) in [5.41, 5.74) is 0. The van der Waals surface area contributed by atoms with Gasteiger partial charge in [0.25, 0.3) is 0 Å². The summed E-state index contributed by atoms with van der Waals surface area (Å²) in [6.07, 6.45) is 5.05. The summed E-state index contributed by atoms with van der Waals surface area (Å²) in [5, 5.41) is 2.95. The van der Waals surface area contributed by atoms with E-state index in [0.717, 1.165) is 26.0 Å². The minimum atomic E-state index is 0.304. The first-order valence-corrected chi connectivity index (χ1v) is 7.18. The molecular formula is C13H21N5O2. The van der Waals surface area contributed by atoms with E-state index in [-0.39, 0.29) is 0 Å². The van der Waals surface area contributed by atoms with Crippen molar-refractivity contribution in [2.75, 3.05) is 37.5 Å². The Bertz CT molecular complexity index is 446. The van der Waals surface area contributed by atoms with Crippen LogP contribution in [-0.4, -0.2) is 54.4 Å². The van der Waals surface area contributed by atoms with Gasteiger partial charge in [-0.2, -0.15) is 15.0 Å². The molecule has 1 aliphatic heterocycles. The molecule has 1 saturated carbocycles. The molecule has 1 aromatic heterocycles. The lowest BCUT2D eigenvalue weighted by Gasteiger charge is -2.43. The third-order valence-corrected chi connectivity index (χ3v) is 4.00. The number of anilines is 2. The number of rotatable bonds is 3. The average molecular weight is 279 g/mol. The van der Waals surface area contributed by atoms with E-state index >= 15 is 0 Å². The highest BCUT2D eigenvalue weighted by Crippen LogP contribution is 2.31. The van der Waals surface area contributed by atoms with Gasteiger partial charge in [-0.05, 0) is 12.8 Å². The zero-order chi connectivity index (χ0) is 13.9. The van der Waals surface area contributed by atoms with E-state index in [4.69, 9.17) is 9.47 Å². The van der Waals surface area contributed by atoms with Crippen LogP contribution >= 0.6 is 0 Å². The zero-order valence-electron chi connectivity index (χ0n) is 12.0. The molecule has 3 rings (SSSR count). The van der Waals surface area contributed by atoms with Crippen LogP contribution in [0.3, 0.4) is 0 Å². The van der Waals surface area contributed by atoms with Crippen molar-refractivity contribution in [1.29, 1.82) is 0 Å². The second kappa shape index (κ2) is 5.78. The van der Waals surface area contributed by atoms with E-state index in [9.17, 15) is 0 Å². The average Bonchev–Trinajstić information content (AvgIpc) is 2.53. The quantitative estimate of drug-likeness (QED) is 0.887. The third-order valence-electron chi connectivity index (χ3n) is 4.00. The zero-order valence-corrected chi connectivity index (χ0v) is 12.0. The summed E-state index contributed by atoms with van der Waals surface area (Å²) in [6.45, 7) is 1.54. The molecule has 2 atom stereocenters. The van der Waals surface area contributed by atoms with Gasteiger partial charge in [-0.15, -0.1) is 0 Å². The summed E-state index contributed by atoms with van der Waals surface area (Å²) in [7, 11) is 3.36. The van der Waals surface area contributed by atoms with Crippen molar-refractivity contribution in [2.24, 2.45) is 0 Å². The number of nitrogens with one attached hydrogen (secondary N) is 1. The van der Waals surface area contributed by atoms with Crippen molar-refractivity contribution in [3.8, 4) is 6.01 Å². The topological polar surface area (TPSA) is 72.4 Å². The number of hydrogen-bond donors (Lipinski definition) is 1. The molecule has 0 radical (unpaired) electrons. The molecule has 0 bridgehead atoms. The van der Waals surface area contributed by atoms with E-state index in [1.807, 2.05) is 0 Å². The van der Waals surface area contributed by atoms with Crippen LogP contribution in [0.1, 0.15) is 25.7 Å². The molecule has 110 valence electrons. The third kappa shape index (κ3) is 2.49. The Balaban J connectivity index is 1.90. The number of fused-ring (bicyclic) bond motifs is 1. The van der Waals surface area contributed by atoms with Crippen molar-refractivity contribution >= 4 is 11.9 Å². The number of aromatic nitrogens is 3. The van der Waals surface area contributed by atoms with E-state index < -0.39 is 0 Å². The van der Waals surface area contributed by atoms with Crippen molar-refractivity contribution < 1.29 is 9.47 Å². The van der Waals surface area contributed by atoms with Crippen molar-refractivity contribution in [2.45, 2.75) is 37.8 Å². The van der Waals surface area contributed by atoms with Gasteiger partial charge in [-0.1, -0.05) is 12.8 Å². The molecule has 2 fully saturated rings. The van der Waals surface area contributed by atoms with Crippen LogP contribution in [0.25, 0.3) is 0 Å². The molecule has 2 unspecified atom stereocenters. The lowest BCUT2D eigenvalue weighted by atomic mass is 9.90. The van der Waals surface area contributed by atoms with E-state index in [0.29, 0.717) is 30.1 Å². The summed E-state index contributed by atoms with van der Waals surface area (Å²) in [5.74, 6) is 1.21. The van der Waals surface area contributed by atoms with Gasteiger partial charge in [-0.25, -0.2) is 0 Å².